The molecule has 0 bridgehead atoms. The minimum absolute atomic E-state index is 0.341. The van der Waals surface area contributed by atoms with Crippen LogP contribution in [0, 0.1) is 3.57 Å². The number of halogens is 3. The average Bonchev–Trinajstić information content (AvgIpc) is 2.73. The fourth-order valence-corrected chi connectivity index (χ4v) is 4.40. The lowest BCUT2D eigenvalue weighted by atomic mass is 10.1. The van der Waals surface area contributed by atoms with Crippen LogP contribution in [0.2, 0.25) is 10.0 Å². The van der Waals surface area contributed by atoms with E-state index in [-0.39, 0.29) is 0 Å². The molecular formula is C24H24Cl2INO2. The van der Waals surface area contributed by atoms with Gasteiger partial charge in [0.05, 0.1) is 10.2 Å². The third kappa shape index (κ3) is 5.96. The summed E-state index contributed by atoms with van der Waals surface area (Å²) < 4.78 is 13.0. The summed E-state index contributed by atoms with van der Waals surface area (Å²) in [5, 5.41) is 4.73. The van der Waals surface area contributed by atoms with Crippen molar-refractivity contribution in [1.82, 2.24) is 0 Å². The van der Waals surface area contributed by atoms with Crippen LogP contribution in [0.1, 0.15) is 30.5 Å². The molecule has 6 heteroatoms. The molecule has 0 unspecified atom stereocenters. The first-order valence-corrected chi connectivity index (χ1v) is 11.7. The first kappa shape index (κ1) is 23.0. The molecule has 0 radical (unpaired) electrons. The Balaban J connectivity index is 1.77. The maximum atomic E-state index is 6.28. The highest BCUT2D eigenvalue weighted by atomic mass is 127. The van der Waals surface area contributed by atoms with E-state index in [1.807, 2.05) is 25.1 Å². The molecule has 30 heavy (non-hydrogen) atoms. The normalized spacial score (nSPS) is 10.7. The second-order valence-electron chi connectivity index (χ2n) is 6.73. The van der Waals surface area contributed by atoms with Gasteiger partial charge in [-0.05, 0) is 77.4 Å². The minimum Gasteiger partial charge on any atom is -0.490 e. The van der Waals surface area contributed by atoms with Crippen LogP contribution in [0.15, 0.2) is 54.6 Å². The number of hydrogen-bond acceptors (Lipinski definition) is 3. The fourth-order valence-electron chi connectivity index (χ4n) is 3.11. The summed E-state index contributed by atoms with van der Waals surface area (Å²) in [4.78, 5) is 0. The molecule has 0 aliphatic heterocycles. The van der Waals surface area contributed by atoms with Crippen molar-refractivity contribution in [1.29, 1.82) is 0 Å². The second kappa shape index (κ2) is 11.1. The zero-order valence-electron chi connectivity index (χ0n) is 17.0. The summed E-state index contributed by atoms with van der Waals surface area (Å²) in [5.74, 6) is 1.45. The van der Waals surface area contributed by atoms with E-state index in [2.05, 4.69) is 65.2 Å². The molecule has 3 nitrogen and oxygen atoms in total. The Labute approximate surface area is 201 Å². The molecule has 0 spiro atoms. The van der Waals surface area contributed by atoms with Crippen LogP contribution in [0.4, 0.5) is 5.69 Å². The lowest BCUT2D eigenvalue weighted by Crippen LogP contribution is -2.06. The molecule has 0 amide bonds. The molecule has 0 atom stereocenters. The van der Waals surface area contributed by atoms with Gasteiger partial charge in [-0.25, -0.2) is 0 Å². The van der Waals surface area contributed by atoms with Crippen molar-refractivity contribution in [2.45, 2.75) is 33.4 Å². The Kier molecular flexibility index (Phi) is 8.54. The Hall–Kier alpha value is -1.63. The van der Waals surface area contributed by atoms with E-state index in [0.717, 1.165) is 38.3 Å². The Morgan fingerprint density at radius 3 is 2.47 bits per heavy atom. The number of aryl methyl sites for hydroxylation is 1. The highest BCUT2D eigenvalue weighted by Gasteiger charge is 2.14. The van der Waals surface area contributed by atoms with Crippen molar-refractivity contribution in [2.24, 2.45) is 0 Å². The third-order valence-electron chi connectivity index (χ3n) is 4.64. The van der Waals surface area contributed by atoms with Gasteiger partial charge in [-0.2, -0.15) is 0 Å². The molecular weight excluding hydrogens is 532 g/mol. The summed E-state index contributed by atoms with van der Waals surface area (Å²) in [6.45, 7) is 5.73. The molecule has 0 aliphatic rings. The van der Waals surface area contributed by atoms with E-state index in [9.17, 15) is 0 Å². The SMILES string of the molecule is CCOc1cc(CNc2ccccc2CC)cc(I)c1OCc1ccc(Cl)cc1Cl. The lowest BCUT2D eigenvalue weighted by molar-refractivity contribution is 0.267. The number of nitrogens with one attached hydrogen (secondary N) is 1. The molecule has 0 saturated carbocycles. The van der Waals surface area contributed by atoms with E-state index < -0.39 is 0 Å². The Bertz CT molecular complexity index is 1010. The molecule has 0 aliphatic carbocycles. The predicted molar refractivity (Wildman–Crippen MR) is 134 cm³/mol. The first-order valence-electron chi connectivity index (χ1n) is 9.85. The third-order valence-corrected chi connectivity index (χ3v) is 6.03. The van der Waals surface area contributed by atoms with Crippen LogP contribution in [0.25, 0.3) is 0 Å². The van der Waals surface area contributed by atoms with Gasteiger partial charge in [0.1, 0.15) is 6.61 Å². The molecule has 3 rings (SSSR count). The summed E-state index contributed by atoms with van der Waals surface area (Å²) in [6.07, 6.45) is 0.991. The first-order chi connectivity index (χ1) is 14.5. The van der Waals surface area contributed by atoms with Gasteiger partial charge >= 0.3 is 0 Å². The van der Waals surface area contributed by atoms with Crippen molar-refractivity contribution < 1.29 is 9.47 Å². The van der Waals surface area contributed by atoms with Crippen molar-refractivity contribution >= 4 is 51.5 Å². The van der Waals surface area contributed by atoms with Crippen LogP contribution in [0.5, 0.6) is 11.5 Å². The topological polar surface area (TPSA) is 30.5 Å². The van der Waals surface area contributed by atoms with Crippen LogP contribution in [-0.4, -0.2) is 6.61 Å². The second-order valence-corrected chi connectivity index (χ2v) is 8.73. The van der Waals surface area contributed by atoms with E-state index in [1.165, 1.54) is 5.56 Å². The fraction of sp³-hybridized carbons (Fsp3) is 0.250. The Morgan fingerprint density at radius 1 is 0.933 bits per heavy atom. The molecule has 3 aromatic rings. The van der Waals surface area contributed by atoms with Crippen LogP contribution in [-0.2, 0) is 19.6 Å². The van der Waals surface area contributed by atoms with E-state index in [4.69, 9.17) is 32.7 Å². The van der Waals surface area contributed by atoms with Crippen molar-refractivity contribution in [3.05, 3.63) is 84.9 Å². The number of anilines is 1. The van der Waals surface area contributed by atoms with Crippen molar-refractivity contribution in [2.75, 3.05) is 11.9 Å². The van der Waals surface area contributed by atoms with Gasteiger partial charge in [-0.3, -0.25) is 0 Å². The van der Waals surface area contributed by atoms with Crippen molar-refractivity contribution in [3.63, 3.8) is 0 Å². The lowest BCUT2D eigenvalue weighted by Gasteiger charge is -2.17. The van der Waals surface area contributed by atoms with E-state index in [0.29, 0.717) is 29.8 Å². The Morgan fingerprint density at radius 2 is 1.73 bits per heavy atom. The average molecular weight is 556 g/mol. The smallest absolute Gasteiger partial charge is 0.174 e. The van der Waals surface area contributed by atoms with Gasteiger partial charge in [0, 0.05) is 27.8 Å². The standard InChI is InChI=1S/C24H24Cl2INO2/c1-3-17-7-5-6-8-22(17)28-14-16-11-21(27)24(23(12-16)29-4-2)30-15-18-9-10-19(25)13-20(18)26/h5-13,28H,3-4,14-15H2,1-2H3. The number of ether oxygens (including phenoxy) is 2. The zero-order valence-corrected chi connectivity index (χ0v) is 20.6. The number of rotatable bonds is 9. The summed E-state index contributed by atoms with van der Waals surface area (Å²) >= 11 is 14.6. The molecule has 1 N–H and O–H groups in total. The van der Waals surface area contributed by atoms with Gasteiger partial charge in [-0.1, -0.05) is 54.4 Å². The number of hydrogen-bond donors (Lipinski definition) is 1. The van der Waals surface area contributed by atoms with Gasteiger partial charge in [0.15, 0.2) is 11.5 Å². The maximum absolute atomic E-state index is 6.28. The number of benzene rings is 3. The molecule has 0 saturated heterocycles. The summed E-state index contributed by atoms with van der Waals surface area (Å²) in [5.41, 5.74) is 4.47. The summed E-state index contributed by atoms with van der Waals surface area (Å²) in [7, 11) is 0. The van der Waals surface area contributed by atoms with Gasteiger partial charge in [0.2, 0.25) is 0 Å². The van der Waals surface area contributed by atoms with Gasteiger partial charge < -0.3 is 14.8 Å². The molecule has 0 heterocycles. The van der Waals surface area contributed by atoms with Crippen LogP contribution < -0.4 is 14.8 Å². The predicted octanol–water partition coefficient (Wildman–Crippen LogP) is 7.75. The molecule has 158 valence electrons. The largest absolute Gasteiger partial charge is 0.490 e. The van der Waals surface area contributed by atoms with E-state index in [1.54, 1.807) is 6.07 Å². The molecule has 3 aromatic carbocycles. The van der Waals surface area contributed by atoms with Crippen molar-refractivity contribution in [3.8, 4) is 11.5 Å². The highest BCUT2D eigenvalue weighted by molar-refractivity contribution is 14.1. The number of para-hydroxylation sites is 1. The minimum atomic E-state index is 0.341. The van der Waals surface area contributed by atoms with Crippen LogP contribution >= 0.6 is 45.8 Å². The molecule has 0 fully saturated rings. The molecule has 0 aromatic heterocycles. The van der Waals surface area contributed by atoms with Gasteiger partial charge in [0.25, 0.3) is 0 Å². The zero-order chi connectivity index (χ0) is 21.5. The monoisotopic (exact) mass is 555 g/mol. The highest BCUT2D eigenvalue weighted by Crippen LogP contribution is 2.36. The summed E-state index contributed by atoms with van der Waals surface area (Å²) in [6, 6.07) is 17.9. The van der Waals surface area contributed by atoms with E-state index >= 15 is 0 Å². The van der Waals surface area contributed by atoms with Gasteiger partial charge in [-0.15, -0.1) is 0 Å². The maximum Gasteiger partial charge on any atom is 0.174 e. The van der Waals surface area contributed by atoms with Crippen LogP contribution in [0.3, 0.4) is 0 Å². The quantitative estimate of drug-likeness (QED) is 0.274.